The van der Waals surface area contributed by atoms with Crippen molar-refractivity contribution >= 4 is 0 Å². The van der Waals surface area contributed by atoms with E-state index in [1.807, 2.05) is 48.5 Å². The highest BCUT2D eigenvalue weighted by atomic mass is 16.4. The van der Waals surface area contributed by atoms with Crippen LogP contribution in [0.3, 0.4) is 0 Å². The first-order valence-electron chi connectivity index (χ1n) is 15.8. The van der Waals surface area contributed by atoms with Gasteiger partial charge in [0.1, 0.15) is 0 Å². The van der Waals surface area contributed by atoms with Crippen molar-refractivity contribution in [2.75, 3.05) is 0 Å². The van der Waals surface area contributed by atoms with Crippen LogP contribution in [0.25, 0.3) is 73.4 Å². The molecular formula is C42H31N4O2+. The van der Waals surface area contributed by atoms with Crippen LogP contribution < -0.4 is 4.68 Å². The average molecular weight is 624 g/mol. The van der Waals surface area contributed by atoms with Crippen molar-refractivity contribution in [1.29, 1.82) is 0 Å². The van der Waals surface area contributed by atoms with Crippen molar-refractivity contribution in [2.45, 2.75) is 13.8 Å². The summed E-state index contributed by atoms with van der Waals surface area (Å²) in [5, 5.41) is 13.3. The van der Waals surface area contributed by atoms with E-state index in [2.05, 4.69) is 126 Å². The maximum atomic E-state index is 6.05. The van der Waals surface area contributed by atoms with Crippen LogP contribution in [-0.2, 0) is 0 Å². The van der Waals surface area contributed by atoms with E-state index in [9.17, 15) is 0 Å². The summed E-state index contributed by atoms with van der Waals surface area (Å²) in [6, 6.07) is 49.8. The van der Waals surface area contributed by atoms with Crippen LogP contribution in [0.1, 0.15) is 11.1 Å². The Morgan fingerprint density at radius 3 is 1.08 bits per heavy atom. The van der Waals surface area contributed by atoms with Gasteiger partial charge in [-0.05, 0) is 100 Å². The molecule has 0 unspecified atom stereocenters. The summed E-state index contributed by atoms with van der Waals surface area (Å²) in [6.07, 6.45) is 1.63. The van der Waals surface area contributed by atoms with Gasteiger partial charge in [-0.1, -0.05) is 96.1 Å². The van der Waals surface area contributed by atoms with Gasteiger partial charge in [0.15, 0.2) is 0 Å². The molecular weight excluding hydrogens is 592 g/mol. The van der Waals surface area contributed by atoms with Crippen LogP contribution in [0.5, 0.6) is 0 Å². The highest BCUT2D eigenvalue weighted by molar-refractivity contribution is 5.70. The van der Waals surface area contributed by atoms with Crippen LogP contribution in [-0.4, -0.2) is 15.3 Å². The van der Waals surface area contributed by atoms with Crippen molar-refractivity contribution in [2.24, 2.45) is 0 Å². The molecule has 0 aliphatic heterocycles. The summed E-state index contributed by atoms with van der Waals surface area (Å²) >= 11 is 0. The predicted molar refractivity (Wildman–Crippen MR) is 188 cm³/mol. The second-order valence-corrected chi connectivity index (χ2v) is 11.9. The maximum absolute atomic E-state index is 6.05. The summed E-state index contributed by atoms with van der Waals surface area (Å²) in [5.41, 5.74) is 12.9. The molecule has 48 heavy (non-hydrogen) atoms. The Bertz CT molecular complexity index is 2130. The number of hydrogen-bond acceptors (Lipinski definition) is 5. The van der Waals surface area contributed by atoms with Gasteiger partial charge in [0.05, 0.1) is 0 Å². The minimum Gasteiger partial charge on any atom is -0.416 e. The molecule has 0 fully saturated rings. The van der Waals surface area contributed by atoms with Crippen molar-refractivity contribution in [1.82, 2.24) is 15.3 Å². The standard InChI is InChI=1S/C42H31N4O2/c1-28-3-7-30(8-4-28)32-11-17-36(18-12-32)40-43-44-41(48-40)37-19-13-34(14-20-37)35-23-25-39(26-24-35)46-27-47-42(45-46)38-21-15-33(16-22-38)31-9-5-29(2)6-10-31/h3-27H,1-2H3/q+1. The molecule has 0 aliphatic carbocycles. The number of aryl methyl sites for hydroxylation is 2. The van der Waals surface area contributed by atoms with E-state index in [0.29, 0.717) is 17.7 Å². The molecule has 6 nitrogen and oxygen atoms in total. The number of rotatable bonds is 7. The van der Waals surface area contributed by atoms with E-state index < -0.39 is 0 Å². The molecule has 0 spiro atoms. The molecule has 0 radical (unpaired) electrons. The molecule has 6 aromatic carbocycles. The predicted octanol–water partition coefficient (Wildman–Crippen LogP) is 9.95. The molecule has 0 atom stereocenters. The molecule has 2 heterocycles. The first-order valence-corrected chi connectivity index (χ1v) is 15.8. The fourth-order valence-corrected chi connectivity index (χ4v) is 5.66. The molecule has 6 heteroatoms. The third-order valence-corrected chi connectivity index (χ3v) is 8.52. The molecule has 230 valence electrons. The maximum Gasteiger partial charge on any atom is 0.368 e. The topological polar surface area (TPSA) is 68.8 Å². The minimum absolute atomic E-state index is 0.484. The van der Waals surface area contributed by atoms with E-state index in [-0.39, 0.29) is 0 Å². The Balaban J connectivity index is 0.934. The lowest BCUT2D eigenvalue weighted by atomic mass is 10.0. The van der Waals surface area contributed by atoms with Gasteiger partial charge in [0, 0.05) is 33.9 Å². The third kappa shape index (κ3) is 5.95. The Kier molecular flexibility index (Phi) is 7.51. The third-order valence-electron chi connectivity index (χ3n) is 8.52. The van der Waals surface area contributed by atoms with Gasteiger partial charge in [-0.3, -0.25) is 0 Å². The number of hydrogen-bond donors (Lipinski definition) is 0. The van der Waals surface area contributed by atoms with E-state index in [4.69, 9.17) is 8.83 Å². The number of nitrogens with zero attached hydrogens (tertiary/aromatic N) is 4. The number of aromatic nitrogens is 4. The van der Waals surface area contributed by atoms with Crippen LogP contribution in [0.4, 0.5) is 0 Å². The Hall–Kier alpha value is -6.40. The quantitative estimate of drug-likeness (QED) is 0.165. The minimum atomic E-state index is 0.484. The molecule has 0 bridgehead atoms. The van der Waals surface area contributed by atoms with Crippen LogP contribution in [0.15, 0.2) is 161 Å². The van der Waals surface area contributed by atoms with Gasteiger partial charge in [0.2, 0.25) is 17.5 Å². The van der Waals surface area contributed by atoms with Gasteiger partial charge < -0.3 is 8.83 Å². The second-order valence-electron chi connectivity index (χ2n) is 11.9. The monoisotopic (exact) mass is 623 g/mol. The summed E-state index contributed by atoms with van der Waals surface area (Å²) in [5.74, 6) is 1.54. The zero-order valence-corrected chi connectivity index (χ0v) is 26.5. The van der Waals surface area contributed by atoms with Gasteiger partial charge >= 0.3 is 6.39 Å². The van der Waals surface area contributed by atoms with E-state index in [1.165, 1.54) is 22.3 Å². The van der Waals surface area contributed by atoms with Crippen molar-refractivity contribution in [3.05, 3.63) is 163 Å². The molecule has 0 saturated heterocycles. The van der Waals surface area contributed by atoms with Gasteiger partial charge in [-0.2, -0.15) is 0 Å². The normalized spacial score (nSPS) is 11.1. The van der Waals surface area contributed by atoms with Crippen LogP contribution in [0.2, 0.25) is 0 Å². The van der Waals surface area contributed by atoms with Gasteiger partial charge in [-0.25, -0.2) is 0 Å². The smallest absolute Gasteiger partial charge is 0.368 e. The summed E-state index contributed by atoms with van der Waals surface area (Å²) in [6.45, 7) is 4.18. The molecule has 8 aromatic rings. The van der Waals surface area contributed by atoms with Gasteiger partial charge in [0.25, 0.3) is 5.89 Å². The highest BCUT2D eigenvalue weighted by Gasteiger charge is 2.17. The van der Waals surface area contributed by atoms with Crippen LogP contribution in [0, 0.1) is 13.8 Å². The van der Waals surface area contributed by atoms with E-state index in [1.54, 1.807) is 11.1 Å². The molecule has 0 N–H and O–H groups in total. The van der Waals surface area contributed by atoms with Gasteiger partial charge in [-0.15, -0.1) is 10.2 Å². The lowest BCUT2D eigenvalue weighted by Crippen LogP contribution is -2.31. The molecule has 2 aromatic heterocycles. The van der Waals surface area contributed by atoms with E-state index in [0.717, 1.165) is 44.6 Å². The lowest BCUT2D eigenvalue weighted by Gasteiger charge is -2.03. The SMILES string of the molecule is Cc1ccc(-c2ccc(-c3n[n+](-c4ccc(-c5ccc(-c6nnc(-c7ccc(-c8ccc(C)cc8)cc7)o6)cc5)cc4)co3)cc2)cc1. The molecule has 8 rings (SSSR count). The fourth-order valence-electron chi connectivity index (χ4n) is 5.66. The fraction of sp³-hybridized carbons (Fsp3) is 0.0476. The zero-order chi connectivity index (χ0) is 32.5. The first-order chi connectivity index (χ1) is 23.6. The molecule has 0 aliphatic rings. The van der Waals surface area contributed by atoms with Crippen molar-refractivity contribution in [3.63, 3.8) is 0 Å². The molecule has 0 saturated carbocycles. The average Bonchev–Trinajstić information content (AvgIpc) is 3.84. The largest absolute Gasteiger partial charge is 0.416 e. The number of benzene rings is 6. The molecule has 0 amide bonds. The van der Waals surface area contributed by atoms with Crippen LogP contribution >= 0.6 is 0 Å². The Morgan fingerprint density at radius 2 is 0.688 bits per heavy atom. The Labute approximate surface area is 278 Å². The lowest BCUT2D eigenvalue weighted by molar-refractivity contribution is -0.659. The summed E-state index contributed by atoms with van der Waals surface area (Å²) < 4.78 is 13.6. The Morgan fingerprint density at radius 1 is 0.375 bits per heavy atom. The van der Waals surface area contributed by atoms with E-state index >= 15 is 0 Å². The van der Waals surface area contributed by atoms with Crippen molar-refractivity contribution < 1.29 is 13.5 Å². The highest BCUT2D eigenvalue weighted by Crippen LogP contribution is 2.29. The first kappa shape index (κ1) is 29.0. The zero-order valence-electron chi connectivity index (χ0n) is 26.5. The van der Waals surface area contributed by atoms with Crippen molar-refractivity contribution in [3.8, 4) is 73.4 Å². The summed E-state index contributed by atoms with van der Waals surface area (Å²) in [7, 11) is 0. The second kappa shape index (κ2) is 12.4. The summed E-state index contributed by atoms with van der Waals surface area (Å²) in [4.78, 5) is 0.